The Balaban J connectivity index is 1.58. The molecule has 1 aromatic rings. The molecular formula is C13H20N2OS. The van der Waals surface area contributed by atoms with Gasteiger partial charge in [-0.1, -0.05) is 0 Å². The summed E-state index contributed by atoms with van der Waals surface area (Å²) in [5, 5.41) is 5.57. The van der Waals surface area contributed by atoms with E-state index in [1.165, 1.54) is 10.4 Å². The van der Waals surface area contributed by atoms with E-state index in [0.717, 1.165) is 45.4 Å². The molecule has 1 aromatic heterocycles. The number of likely N-dealkylation sites (tertiary alicyclic amines) is 1. The van der Waals surface area contributed by atoms with E-state index in [1.54, 1.807) is 11.3 Å². The van der Waals surface area contributed by atoms with Gasteiger partial charge in [-0.3, -0.25) is 4.79 Å². The molecule has 0 spiro atoms. The van der Waals surface area contributed by atoms with Gasteiger partial charge in [0, 0.05) is 30.9 Å². The van der Waals surface area contributed by atoms with Crippen LogP contribution in [0.1, 0.15) is 29.7 Å². The quantitative estimate of drug-likeness (QED) is 0.787. The molecule has 0 aromatic carbocycles. The zero-order valence-electron chi connectivity index (χ0n) is 10.4. The zero-order chi connectivity index (χ0) is 12.1. The average Bonchev–Trinajstić information content (AvgIpc) is 2.89. The van der Waals surface area contributed by atoms with Crippen molar-refractivity contribution < 1.29 is 4.79 Å². The van der Waals surface area contributed by atoms with Gasteiger partial charge in [0.15, 0.2) is 0 Å². The molecule has 17 heavy (non-hydrogen) atoms. The first kappa shape index (κ1) is 12.6. The van der Waals surface area contributed by atoms with Crippen LogP contribution in [0.15, 0.2) is 11.4 Å². The first-order chi connectivity index (χ1) is 8.27. The summed E-state index contributed by atoms with van der Waals surface area (Å²) in [7, 11) is 0. The van der Waals surface area contributed by atoms with Crippen molar-refractivity contribution in [3.8, 4) is 0 Å². The summed E-state index contributed by atoms with van der Waals surface area (Å²) >= 11 is 1.81. The van der Waals surface area contributed by atoms with E-state index >= 15 is 0 Å². The van der Waals surface area contributed by atoms with Crippen LogP contribution in [0.5, 0.6) is 0 Å². The highest BCUT2D eigenvalue weighted by atomic mass is 32.1. The monoisotopic (exact) mass is 252 g/mol. The lowest BCUT2D eigenvalue weighted by Gasteiger charge is -2.15. The molecule has 3 nitrogen and oxygen atoms in total. The van der Waals surface area contributed by atoms with E-state index in [2.05, 4.69) is 23.7 Å². The van der Waals surface area contributed by atoms with E-state index in [-0.39, 0.29) is 0 Å². The molecule has 1 saturated heterocycles. The molecule has 0 aliphatic carbocycles. The Hall–Kier alpha value is -0.870. The summed E-state index contributed by atoms with van der Waals surface area (Å²) in [4.78, 5) is 14.8. The second-order valence-electron chi connectivity index (χ2n) is 4.54. The number of amides is 1. The van der Waals surface area contributed by atoms with Gasteiger partial charge in [0.05, 0.1) is 0 Å². The topological polar surface area (TPSA) is 32.3 Å². The van der Waals surface area contributed by atoms with Crippen LogP contribution in [-0.2, 0) is 11.3 Å². The fraction of sp³-hybridized carbons (Fsp3) is 0.615. The number of nitrogens with one attached hydrogen (secondary N) is 1. The molecule has 2 rings (SSSR count). The fourth-order valence-corrected chi connectivity index (χ4v) is 3.00. The van der Waals surface area contributed by atoms with Crippen LogP contribution in [0.25, 0.3) is 0 Å². The van der Waals surface area contributed by atoms with Crippen molar-refractivity contribution in [1.82, 2.24) is 10.2 Å². The first-order valence-electron chi connectivity index (χ1n) is 6.29. The Morgan fingerprint density at radius 3 is 3.06 bits per heavy atom. The lowest BCUT2D eigenvalue weighted by molar-refractivity contribution is -0.127. The summed E-state index contributed by atoms with van der Waals surface area (Å²) in [5.41, 5.74) is 1.37. The number of hydrogen-bond acceptors (Lipinski definition) is 3. The molecule has 2 heterocycles. The Morgan fingerprint density at radius 2 is 2.41 bits per heavy atom. The van der Waals surface area contributed by atoms with Gasteiger partial charge in [-0.15, -0.1) is 11.3 Å². The van der Waals surface area contributed by atoms with Gasteiger partial charge in [-0.25, -0.2) is 0 Å². The molecule has 0 unspecified atom stereocenters. The predicted molar refractivity (Wildman–Crippen MR) is 71.2 cm³/mol. The van der Waals surface area contributed by atoms with Gasteiger partial charge in [0.2, 0.25) is 5.91 Å². The molecule has 0 bridgehead atoms. The third kappa shape index (κ3) is 3.54. The highest BCUT2D eigenvalue weighted by molar-refractivity contribution is 7.10. The molecule has 0 saturated carbocycles. The molecular weight excluding hydrogens is 232 g/mol. The summed E-state index contributed by atoms with van der Waals surface area (Å²) < 4.78 is 0. The van der Waals surface area contributed by atoms with E-state index < -0.39 is 0 Å². The van der Waals surface area contributed by atoms with E-state index in [0.29, 0.717) is 5.91 Å². The van der Waals surface area contributed by atoms with Crippen LogP contribution in [0.2, 0.25) is 0 Å². The second kappa shape index (κ2) is 6.17. The average molecular weight is 252 g/mol. The third-order valence-corrected chi connectivity index (χ3v) is 4.23. The maximum absolute atomic E-state index is 11.4. The second-order valence-corrected chi connectivity index (χ2v) is 5.54. The molecule has 94 valence electrons. The SMILES string of the molecule is Cc1ccsc1CNCCCN1CCCC1=O. The van der Waals surface area contributed by atoms with Crippen molar-refractivity contribution in [1.29, 1.82) is 0 Å². The van der Waals surface area contributed by atoms with Gasteiger partial charge in [-0.05, 0) is 43.3 Å². The number of hydrogen-bond donors (Lipinski definition) is 1. The lowest BCUT2D eigenvalue weighted by Crippen LogP contribution is -2.28. The minimum Gasteiger partial charge on any atom is -0.343 e. The van der Waals surface area contributed by atoms with Crippen molar-refractivity contribution in [2.75, 3.05) is 19.6 Å². The maximum Gasteiger partial charge on any atom is 0.222 e. The van der Waals surface area contributed by atoms with Crippen molar-refractivity contribution in [3.05, 3.63) is 21.9 Å². The van der Waals surface area contributed by atoms with Crippen molar-refractivity contribution in [2.45, 2.75) is 32.7 Å². The standard InChI is InChI=1S/C13H20N2OS/c1-11-5-9-17-12(11)10-14-6-3-8-15-7-2-4-13(15)16/h5,9,14H,2-4,6-8,10H2,1H3. The van der Waals surface area contributed by atoms with Gasteiger partial charge in [0.25, 0.3) is 0 Å². The largest absolute Gasteiger partial charge is 0.343 e. The van der Waals surface area contributed by atoms with Crippen LogP contribution in [0.3, 0.4) is 0 Å². The molecule has 1 amide bonds. The normalized spacial score (nSPS) is 15.8. The predicted octanol–water partition coefficient (Wildman–Crippen LogP) is 2.16. The van der Waals surface area contributed by atoms with Crippen LogP contribution in [-0.4, -0.2) is 30.4 Å². The molecule has 1 aliphatic rings. The number of carbonyl (C=O) groups is 1. The molecule has 4 heteroatoms. The van der Waals surface area contributed by atoms with Gasteiger partial charge < -0.3 is 10.2 Å². The van der Waals surface area contributed by atoms with E-state index in [9.17, 15) is 4.79 Å². The van der Waals surface area contributed by atoms with Gasteiger partial charge in [-0.2, -0.15) is 0 Å². The fourth-order valence-electron chi connectivity index (χ4n) is 2.12. The van der Waals surface area contributed by atoms with Crippen molar-refractivity contribution in [2.24, 2.45) is 0 Å². The maximum atomic E-state index is 11.4. The van der Waals surface area contributed by atoms with Crippen molar-refractivity contribution >= 4 is 17.2 Å². The van der Waals surface area contributed by atoms with Crippen LogP contribution >= 0.6 is 11.3 Å². The Labute approximate surface area is 107 Å². The molecule has 0 atom stereocenters. The number of nitrogens with zero attached hydrogens (tertiary/aromatic N) is 1. The summed E-state index contributed by atoms with van der Waals surface area (Å²) in [6.07, 6.45) is 2.85. The number of carbonyl (C=O) groups excluding carboxylic acids is 1. The Bertz CT molecular complexity index is 375. The van der Waals surface area contributed by atoms with Crippen LogP contribution in [0, 0.1) is 6.92 Å². The third-order valence-electron chi connectivity index (χ3n) is 3.21. The Kier molecular flexibility index (Phi) is 4.57. The smallest absolute Gasteiger partial charge is 0.222 e. The zero-order valence-corrected chi connectivity index (χ0v) is 11.2. The Morgan fingerprint density at radius 1 is 1.53 bits per heavy atom. The summed E-state index contributed by atoms with van der Waals surface area (Å²) in [6, 6.07) is 2.16. The van der Waals surface area contributed by atoms with Gasteiger partial charge >= 0.3 is 0 Å². The van der Waals surface area contributed by atoms with Crippen LogP contribution in [0.4, 0.5) is 0 Å². The van der Waals surface area contributed by atoms with E-state index in [4.69, 9.17) is 0 Å². The minimum absolute atomic E-state index is 0.333. The number of thiophene rings is 1. The summed E-state index contributed by atoms with van der Waals surface area (Å²) in [5.74, 6) is 0.333. The van der Waals surface area contributed by atoms with E-state index in [1.807, 2.05) is 4.90 Å². The first-order valence-corrected chi connectivity index (χ1v) is 7.17. The van der Waals surface area contributed by atoms with Crippen molar-refractivity contribution in [3.63, 3.8) is 0 Å². The van der Waals surface area contributed by atoms with Gasteiger partial charge in [0.1, 0.15) is 0 Å². The number of rotatable bonds is 6. The highest BCUT2D eigenvalue weighted by Gasteiger charge is 2.18. The lowest BCUT2D eigenvalue weighted by atomic mass is 10.3. The highest BCUT2D eigenvalue weighted by Crippen LogP contribution is 2.14. The number of aryl methyl sites for hydroxylation is 1. The molecule has 1 N–H and O–H groups in total. The van der Waals surface area contributed by atoms with Crippen LogP contribution < -0.4 is 5.32 Å². The molecule has 1 aliphatic heterocycles. The minimum atomic E-state index is 0.333. The molecule has 0 radical (unpaired) electrons. The summed E-state index contributed by atoms with van der Waals surface area (Å²) in [6.45, 7) is 5.97. The molecule has 1 fully saturated rings.